The van der Waals surface area contributed by atoms with Gasteiger partial charge in [0.1, 0.15) is 5.75 Å². The van der Waals surface area contributed by atoms with E-state index in [2.05, 4.69) is 22.2 Å². The third-order valence-electron chi connectivity index (χ3n) is 3.40. The van der Waals surface area contributed by atoms with Gasteiger partial charge in [-0.2, -0.15) is 0 Å². The molecule has 0 unspecified atom stereocenters. The van der Waals surface area contributed by atoms with Crippen LogP contribution in [0.4, 0.5) is 11.6 Å². The fraction of sp³-hybridized carbons (Fsp3) is 0.158. The first-order valence-electron chi connectivity index (χ1n) is 7.91. The highest BCUT2D eigenvalue weighted by atomic mass is 16.5. The van der Waals surface area contributed by atoms with Crippen LogP contribution in [0.2, 0.25) is 0 Å². The van der Waals surface area contributed by atoms with Crippen LogP contribution in [-0.2, 0) is 0 Å². The summed E-state index contributed by atoms with van der Waals surface area (Å²) in [6, 6.07) is 18.6. The Morgan fingerprint density at radius 2 is 1.83 bits per heavy atom. The third-order valence-corrected chi connectivity index (χ3v) is 3.40. The Morgan fingerprint density at radius 1 is 1.08 bits per heavy atom. The maximum atomic E-state index is 11.9. The van der Waals surface area contributed by atoms with E-state index in [0.29, 0.717) is 18.2 Å². The summed E-state index contributed by atoms with van der Waals surface area (Å²) < 4.78 is 5.56. The van der Waals surface area contributed by atoms with Crippen LogP contribution in [-0.4, -0.2) is 16.6 Å². The predicted molar refractivity (Wildman–Crippen MR) is 95.8 cm³/mol. The third kappa shape index (κ3) is 4.01. The van der Waals surface area contributed by atoms with Gasteiger partial charge in [0.05, 0.1) is 12.3 Å². The molecule has 0 aliphatic rings. The lowest BCUT2D eigenvalue weighted by Crippen LogP contribution is -2.10. The number of H-pyrrole nitrogens is 1. The van der Waals surface area contributed by atoms with Crippen LogP contribution < -0.4 is 15.6 Å². The minimum Gasteiger partial charge on any atom is -0.494 e. The summed E-state index contributed by atoms with van der Waals surface area (Å²) in [6.45, 7) is 2.76. The largest absolute Gasteiger partial charge is 0.494 e. The summed E-state index contributed by atoms with van der Waals surface area (Å²) in [5.74, 6) is 1.23. The number of nitrogens with one attached hydrogen (secondary N) is 2. The van der Waals surface area contributed by atoms with E-state index in [1.807, 2.05) is 54.6 Å². The van der Waals surface area contributed by atoms with E-state index in [1.165, 1.54) is 6.07 Å². The second kappa shape index (κ2) is 7.46. The smallest absolute Gasteiger partial charge is 0.252 e. The monoisotopic (exact) mass is 321 g/mol. The van der Waals surface area contributed by atoms with E-state index < -0.39 is 0 Å². The number of aromatic amines is 1. The van der Waals surface area contributed by atoms with Gasteiger partial charge in [0, 0.05) is 17.3 Å². The summed E-state index contributed by atoms with van der Waals surface area (Å²) in [7, 11) is 0. The van der Waals surface area contributed by atoms with Crippen molar-refractivity contribution >= 4 is 11.6 Å². The van der Waals surface area contributed by atoms with Crippen molar-refractivity contribution in [3.05, 3.63) is 71.0 Å². The molecule has 2 aromatic carbocycles. The van der Waals surface area contributed by atoms with Crippen LogP contribution in [0.1, 0.15) is 13.3 Å². The Bertz CT molecular complexity index is 842. The number of aromatic nitrogens is 2. The average molecular weight is 321 g/mol. The van der Waals surface area contributed by atoms with Gasteiger partial charge < -0.3 is 10.1 Å². The van der Waals surface area contributed by atoms with E-state index in [4.69, 9.17) is 4.74 Å². The van der Waals surface area contributed by atoms with Crippen molar-refractivity contribution in [3.63, 3.8) is 0 Å². The Morgan fingerprint density at radius 3 is 2.54 bits per heavy atom. The molecular weight excluding hydrogens is 302 g/mol. The molecule has 5 heteroatoms. The molecule has 3 aromatic rings. The summed E-state index contributed by atoms with van der Waals surface area (Å²) in [4.78, 5) is 19.1. The van der Waals surface area contributed by atoms with Crippen molar-refractivity contribution in [1.29, 1.82) is 0 Å². The van der Waals surface area contributed by atoms with Crippen molar-refractivity contribution in [2.24, 2.45) is 0 Å². The maximum absolute atomic E-state index is 11.9. The van der Waals surface area contributed by atoms with Gasteiger partial charge in [-0.05, 0) is 30.7 Å². The number of ether oxygens (including phenoxy) is 1. The number of rotatable bonds is 6. The minimum atomic E-state index is -0.200. The highest BCUT2D eigenvalue weighted by molar-refractivity contribution is 5.62. The zero-order chi connectivity index (χ0) is 16.8. The summed E-state index contributed by atoms with van der Waals surface area (Å²) in [5.41, 5.74) is 2.15. The van der Waals surface area contributed by atoms with Crippen molar-refractivity contribution in [2.45, 2.75) is 13.3 Å². The Kier molecular flexibility index (Phi) is 4.91. The van der Waals surface area contributed by atoms with Gasteiger partial charge in [-0.1, -0.05) is 37.3 Å². The minimum absolute atomic E-state index is 0.200. The standard InChI is InChI=1S/C19H19N3O2/c1-2-12-24-16-10-8-15(9-11-16)20-19-21-17(13-18(23)22-19)14-6-4-3-5-7-14/h3-11,13H,2,12H2,1H3,(H2,20,21,22,23). The van der Waals surface area contributed by atoms with E-state index in [1.54, 1.807) is 0 Å². The molecule has 0 fully saturated rings. The molecule has 1 heterocycles. The first-order chi connectivity index (χ1) is 11.7. The number of nitrogens with zero attached hydrogens (tertiary/aromatic N) is 1. The van der Waals surface area contributed by atoms with Gasteiger partial charge >= 0.3 is 0 Å². The van der Waals surface area contributed by atoms with E-state index in [9.17, 15) is 4.79 Å². The van der Waals surface area contributed by atoms with E-state index >= 15 is 0 Å². The summed E-state index contributed by atoms with van der Waals surface area (Å²) >= 11 is 0. The first-order valence-corrected chi connectivity index (χ1v) is 7.91. The molecule has 1 aromatic heterocycles. The number of anilines is 2. The molecular formula is C19H19N3O2. The molecule has 0 amide bonds. The Balaban J connectivity index is 1.80. The predicted octanol–water partition coefficient (Wildman–Crippen LogP) is 3.97. The van der Waals surface area contributed by atoms with Crippen LogP contribution in [0.25, 0.3) is 11.3 Å². The molecule has 24 heavy (non-hydrogen) atoms. The quantitative estimate of drug-likeness (QED) is 0.721. The molecule has 0 aliphatic carbocycles. The molecule has 2 N–H and O–H groups in total. The fourth-order valence-electron chi connectivity index (χ4n) is 2.26. The van der Waals surface area contributed by atoms with Crippen LogP contribution in [0.3, 0.4) is 0 Å². The molecule has 0 bridgehead atoms. The summed E-state index contributed by atoms with van der Waals surface area (Å²) in [5, 5.41) is 3.12. The molecule has 0 atom stereocenters. The highest BCUT2D eigenvalue weighted by Crippen LogP contribution is 2.20. The molecule has 3 rings (SSSR count). The van der Waals surface area contributed by atoms with Gasteiger partial charge in [0.15, 0.2) is 0 Å². The zero-order valence-electron chi connectivity index (χ0n) is 13.5. The Labute approximate surface area is 140 Å². The van der Waals surface area contributed by atoms with Crippen molar-refractivity contribution in [2.75, 3.05) is 11.9 Å². The topological polar surface area (TPSA) is 67.0 Å². The van der Waals surface area contributed by atoms with Gasteiger partial charge in [0.2, 0.25) is 5.95 Å². The number of hydrogen-bond acceptors (Lipinski definition) is 4. The summed E-state index contributed by atoms with van der Waals surface area (Å²) in [6.07, 6.45) is 0.970. The molecule has 5 nitrogen and oxygen atoms in total. The van der Waals surface area contributed by atoms with Crippen LogP contribution >= 0.6 is 0 Å². The van der Waals surface area contributed by atoms with Crippen LogP contribution in [0.5, 0.6) is 5.75 Å². The van der Waals surface area contributed by atoms with Gasteiger partial charge in [0.25, 0.3) is 5.56 Å². The lowest BCUT2D eigenvalue weighted by atomic mass is 10.1. The second-order valence-corrected chi connectivity index (χ2v) is 5.34. The second-order valence-electron chi connectivity index (χ2n) is 5.34. The average Bonchev–Trinajstić information content (AvgIpc) is 2.61. The molecule has 0 aliphatic heterocycles. The van der Waals surface area contributed by atoms with E-state index in [-0.39, 0.29) is 5.56 Å². The lowest BCUT2D eigenvalue weighted by molar-refractivity contribution is 0.317. The maximum Gasteiger partial charge on any atom is 0.252 e. The molecule has 0 spiro atoms. The van der Waals surface area contributed by atoms with Gasteiger partial charge in [-0.3, -0.25) is 9.78 Å². The van der Waals surface area contributed by atoms with Crippen LogP contribution in [0, 0.1) is 0 Å². The normalized spacial score (nSPS) is 10.4. The molecule has 122 valence electrons. The van der Waals surface area contributed by atoms with Crippen molar-refractivity contribution < 1.29 is 4.74 Å². The highest BCUT2D eigenvalue weighted by Gasteiger charge is 2.04. The Hall–Kier alpha value is -3.08. The lowest BCUT2D eigenvalue weighted by Gasteiger charge is -2.09. The van der Waals surface area contributed by atoms with Crippen molar-refractivity contribution in [3.8, 4) is 17.0 Å². The van der Waals surface area contributed by atoms with E-state index in [0.717, 1.165) is 23.4 Å². The fourth-order valence-corrected chi connectivity index (χ4v) is 2.26. The molecule has 0 saturated carbocycles. The first kappa shape index (κ1) is 15.8. The number of benzene rings is 2. The number of hydrogen-bond donors (Lipinski definition) is 2. The van der Waals surface area contributed by atoms with Gasteiger partial charge in [-0.15, -0.1) is 0 Å². The van der Waals surface area contributed by atoms with Crippen molar-refractivity contribution in [1.82, 2.24) is 9.97 Å². The zero-order valence-corrected chi connectivity index (χ0v) is 13.5. The van der Waals surface area contributed by atoms with Gasteiger partial charge in [-0.25, -0.2) is 4.98 Å². The SMILES string of the molecule is CCCOc1ccc(Nc2nc(-c3ccccc3)cc(=O)[nH]2)cc1. The van der Waals surface area contributed by atoms with Crippen LogP contribution in [0.15, 0.2) is 65.5 Å². The molecule has 0 radical (unpaired) electrons. The molecule has 0 saturated heterocycles.